The molecule has 1 aromatic heterocycles. The first-order valence-corrected chi connectivity index (χ1v) is 5.71. The fraction of sp³-hybridized carbons (Fsp3) is 0.0833. The SMILES string of the molecule is C=Cc1c(-c2ccc(N)cc2)c(C)nn1SF. The minimum absolute atomic E-state index is 0.0624. The number of anilines is 1. The third kappa shape index (κ3) is 2.06. The second-order valence-electron chi connectivity index (χ2n) is 3.61. The van der Waals surface area contributed by atoms with Crippen molar-refractivity contribution in [1.82, 2.24) is 9.19 Å². The Hall–Kier alpha value is -1.75. The highest BCUT2D eigenvalue weighted by Gasteiger charge is 2.15. The Balaban J connectivity index is 2.61. The summed E-state index contributed by atoms with van der Waals surface area (Å²) in [6, 6.07) is 7.39. The number of hydrogen-bond acceptors (Lipinski definition) is 3. The monoisotopic (exact) mass is 249 g/mol. The van der Waals surface area contributed by atoms with Gasteiger partial charge >= 0.3 is 0 Å². The first-order valence-electron chi connectivity index (χ1n) is 5.04. The first kappa shape index (κ1) is 11.7. The lowest BCUT2D eigenvalue weighted by atomic mass is 10.0. The normalized spacial score (nSPS) is 10.5. The van der Waals surface area contributed by atoms with E-state index >= 15 is 0 Å². The van der Waals surface area contributed by atoms with Crippen LogP contribution >= 0.6 is 12.3 Å². The summed E-state index contributed by atoms with van der Waals surface area (Å²) in [5.41, 5.74) is 9.58. The first-order chi connectivity index (χ1) is 8.17. The van der Waals surface area contributed by atoms with Gasteiger partial charge in [0.15, 0.2) is 12.3 Å². The Labute approximate surface area is 104 Å². The molecule has 5 heteroatoms. The van der Waals surface area contributed by atoms with Crippen molar-refractivity contribution in [1.29, 1.82) is 0 Å². The van der Waals surface area contributed by atoms with E-state index in [2.05, 4.69) is 11.7 Å². The second kappa shape index (κ2) is 4.63. The average Bonchev–Trinajstić information content (AvgIpc) is 2.66. The van der Waals surface area contributed by atoms with E-state index in [0.29, 0.717) is 11.4 Å². The molecule has 1 heterocycles. The van der Waals surface area contributed by atoms with Gasteiger partial charge in [0.25, 0.3) is 0 Å². The van der Waals surface area contributed by atoms with Gasteiger partial charge in [-0.3, -0.25) is 0 Å². The lowest BCUT2D eigenvalue weighted by molar-refractivity contribution is 0.867. The highest BCUT2D eigenvalue weighted by atomic mass is 32.2. The summed E-state index contributed by atoms with van der Waals surface area (Å²) in [6.45, 7) is 5.53. The number of aromatic nitrogens is 2. The van der Waals surface area contributed by atoms with Gasteiger partial charge in [0, 0.05) is 11.3 Å². The van der Waals surface area contributed by atoms with E-state index in [1.165, 1.54) is 4.09 Å². The molecule has 0 amide bonds. The van der Waals surface area contributed by atoms with Crippen LogP contribution in [0.15, 0.2) is 30.8 Å². The number of nitrogens with two attached hydrogens (primary N) is 1. The van der Waals surface area contributed by atoms with E-state index in [9.17, 15) is 3.89 Å². The third-order valence-electron chi connectivity index (χ3n) is 2.52. The summed E-state index contributed by atoms with van der Waals surface area (Å²) in [5, 5.41) is 4.10. The average molecular weight is 249 g/mol. The van der Waals surface area contributed by atoms with Crippen LogP contribution in [0.1, 0.15) is 11.4 Å². The fourth-order valence-electron chi connectivity index (χ4n) is 1.76. The van der Waals surface area contributed by atoms with Crippen LogP contribution in [0.4, 0.5) is 9.57 Å². The number of nitrogens with zero attached hydrogens (tertiary/aromatic N) is 2. The zero-order valence-corrected chi connectivity index (χ0v) is 10.2. The maximum absolute atomic E-state index is 12.7. The molecule has 3 nitrogen and oxygen atoms in total. The minimum Gasteiger partial charge on any atom is -0.399 e. The summed E-state index contributed by atoms with van der Waals surface area (Å²) in [6.07, 6.45) is 1.60. The molecule has 88 valence electrons. The molecule has 0 aliphatic heterocycles. The zero-order valence-electron chi connectivity index (χ0n) is 9.35. The van der Waals surface area contributed by atoms with Gasteiger partial charge in [-0.15, -0.1) is 3.89 Å². The predicted octanol–water partition coefficient (Wildman–Crippen LogP) is 3.46. The van der Waals surface area contributed by atoms with E-state index in [1.807, 2.05) is 31.2 Å². The van der Waals surface area contributed by atoms with Gasteiger partial charge in [0.2, 0.25) is 0 Å². The molecule has 0 unspecified atom stereocenters. The van der Waals surface area contributed by atoms with Gasteiger partial charge in [0.05, 0.1) is 11.4 Å². The van der Waals surface area contributed by atoms with Crippen molar-refractivity contribution in [2.24, 2.45) is 0 Å². The number of hydrogen-bond donors (Lipinski definition) is 1. The number of nitrogen functional groups attached to an aromatic ring is 1. The Bertz CT molecular complexity index is 546. The predicted molar refractivity (Wildman–Crippen MR) is 71.0 cm³/mol. The molecule has 2 aromatic rings. The van der Waals surface area contributed by atoms with Crippen molar-refractivity contribution in [3.8, 4) is 11.1 Å². The molecule has 0 saturated heterocycles. The smallest absolute Gasteiger partial charge is 0.188 e. The standard InChI is InChI=1S/C12H12FN3S/c1-3-11-12(8(2)15-16(11)17-13)9-4-6-10(14)7-5-9/h3-7H,1,14H2,2H3. The number of rotatable bonds is 3. The Morgan fingerprint density at radius 2 is 2.06 bits per heavy atom. The molecule has 0 aliphatic rings. The van der Waals surface area contributed by atoms with Gasteiger partial charge in [-0.2, -0.15) is 9.19 Å². The molecule has 0 fully saturated rings. The van der Waals surface area contributed by atoms with Crippen molar-refractivity contribution in [2.45, 2.75) is 6.92 Å². The van der Waals surface area contributed by atoms with Crippen molar-refractivity contribution < 1.29 is 3.89 Å². The highest BCUT2D eigenvalue weighted by molar-refractivity contribution is 7.92. The van der Waals surface area contributed by atoms with Crippen LogP contribution in [0.2, 0.25) is 0 Å². The van der Waals surface area contributed by atoms with Crippen LogP contribution in [-0.2, 0) is 0 Å². The van der Waals surface area contributed by atoms with Gasteiger partial charge in [-0.05, 0) is 30.7 Å². The molecule has 0 radical (unpaired) electrons. The molecule has 2 rings (SSSR count). The van der Waals surface area contributed by atoms with Gasteiger partial charge < -0.3 is 5.73 Å². The molecular weight excluding hydrogens is 237 g/mol. The molecule has 0 bridgehead atoms. The Kier molecular flexibility index (Phi) is 3.19. The van der Waals surface area contributed by atoms with Gasteiger partial charge in [-0.1, -0.05) is 18.7 Å². The molecule has 17 heavy (non-hydrogen) atoms. The molecule has 0 aliphatic carbocycles. The van der Waals surface area contributed by atoms with Crippen LogP contribution in [0, 0.1) is 6.92 Å². The Morgan fingerprint density at radius 3 is 2.59 bits per heavy atom. The fourth-order valence-corrected chi connectivity index (χ4v) is 2.15. The van der Waals surface area contributed by atoms with E-state index in [4.69, 9.17) is 5.73 Å². The number of aryl methyl sites for hydroxylation is 1. The largest absolute Gasteiger partial charge is 0.399 e. The van der Waals surface area contributed by atoms with E-state index in [1.54, 1.807) is 6.08 Å². The van der Waals surface area contributed by atoms with Crippen LogP contribution in [0.25, 0.3) is 17.2 Å². The van der Waals surface area contributed by atoms with Crippen LogP contribution in [0.5, 0.6) is 0 Å². The molecule has 0 spiro atoms. The van der Waals surface area contributed by atoms with Crippen LogP contribution < -0.4 is 5.73 Å². The topological polar surface area (TPSA) is 43.8 Å². The lowest BCUT2D eigenvalue weighted by Gasteiger charge is -2.03. The van der Waals surface area contributed by atoms with Crippen molar-refractivity contribution in [3.63, 3.8) is 0 Å². The molecule has 1 aromatic carbocycles. The number of halogens is 1. The molecule has 2 N–H and O–H groups in total. The zero-order chi connectivity index (χ0) is 12.4. The summed E-state index contributed by atoms with van der Waals surface area (Å²) >= 11 is 0.0624. The number of benzene rings is 1. The third-order valence-corrected chi connectivity index (χ3v) is 2.93. The van der Waals surface area contributed by atoms with E-state index in [0.717, 1.165) is 16.8 Å². The Morgan fingerprint density at radius 1 is 1.41 bits per heavy atom. The summed E-state index contributed by atoms with van der Waals surface area (Å²) in [7, 11) is 0. The molecule has 0 saturated carbocycles. The maximum atomic E-state index is 12.7. The summed E-state index contributed by atoms with van der Waals surface area (Å²) in [5.74, 6) is 0. The molecular formula is C12H12FN3S. The van der Waals surface area contributed by atoms with Gasteiger partial charge in [-0.25, -0.2) is 0 Å². The quantitative estimate of drug-likeness (QED) is 0.847. The van der Waals surface area contributed by atoms with Crippen molar-refractivity contribution >= 4 is 24.1 Å². The summed E-state index contributed by atoms with van der Waals surface area (Å²) in [4.78, 5) is 0. The van der Waals surface area contributed by atoms with E-state index in [-0.39, 0.29) is 12.3 Å². The van der Waals surface area contributed by atoms with Crippen molar-refractivity contribution in [3.05, 3.63) is 42.2 Å². The van der Waals surface area contributed by atoms with Gasteiger partial charge in [0.1, 0.15) is 0 Å². The lowest BCUT2D eigenvalue weighted by Crippen LogP contribution is -1.89. The van der Waals surface area contributed by atoms with Crippen LogP contribution in [0.3, 0.4) is 0 Å². The second-order valence-corrected chi connectivity index (χ2v) is 4.10. The maximum Gasteiger partial charge on any atom is 0.188 e. The minimum atomic E-state index is 0.0624. The van der Waals surface area contributed by atoms with Crippen molar-refractivity contribution in [2.75, 3.05) is 5.73 Å². The molecule has 0 atom stereocenters. The van der Waals surface area contributed by atoms with E-state index < -0.39 is 0 Å². The summed E-state index contributed by atoms with van der Waals surface area (Å²) < 4.78 is 13.9. The van der Waals surface area contributed by atoms with Crippen LogP contribution in [-0.4, -0.2) is 9.19 Å². The highest BCUT2D eigenvalue weighted by Crippen LogP contribution is 2.30.